The second-order valence-electron chi connectivity index (χ2n) is 7.82. The summed E-state index contributed by atoms with van der Waals surface area (Å²) in [6.07, 6.45) is 0. The second kappa shape index (κ2) is 11.7. The Balaban J connectivity index is 1.33. The van der Waals surface area contributed by atoms with Crippen molar-refractivity contribution in [2.45, 2.75) is 0 Å². The van der Waals surface area contributed by atoms with E-state index >= 15 is 0 Å². The zero-order valence-corrected chi connectivity index (χ0v) is 21.1. The van der Waals surface area contributed by atoms with Crippen molar-refractivity contribution >= 4 is 43.5 Å². The lowest BCUT2D eigenvalue weighted by atomic mass is 10.3. The van der Waals surface area contributed by atoms with Crippen LogP contribution in [-0.2, 0) is 14.9 Å². The van der Waals surface area contributed by atoms with Crippen LogP contribution in [0, 0.1) is 5.82 Å². The summed E-state index contributed by atoms with van der Waals surface area (Å²) in [4.78, 5) is 6.39. The Morgan fingerprint density at radius 3 is 2.60 bits per heavy atom. The first-order chi connectivity index (χ1) is 16.9. The van der Waals surface area contributed by atoms with Gasteiger partial charge in [-0.1, -0.05) is 0 Å². The second-order valence-corrected chi connectivity index (χ2v) is 10.6. The Kier molecular flexibility index (Phi) is 8.64. The highest BCUT2D eigenvalue weighted by Gasteiger charge is 2.36. The van der Waals surface area contributed by atoms with Crippen molar-refractivity contribution < 1.29 is 27.4 Å². The van der Waals surface area contributed by atoms with Crippen LogP contribution in [0.25, 0.3) is 0 Å². The van der Waals surface area contributed by atoms with Gasteiger partial charge in [-0.25, -0.2) is 14.0 Å². The van der Waals surface area contributed by atoms with E-state index < -0.39 is 16.0 Å². The molecule has 0 unspecified atom stereocenters. The molecule has 2 fully saturated rings. The number of amidine groups is 1. The molecule has 0 bridgehead atoms. The quantitative estimate of drug-likeness (QED) is 0.220. The molecule has 0 aliphatic carbocycles. The molecule has 0 spiro atoms. The number of hydroxylamine groups is 1. The van der Waals surface area contributed by atoms with Gasteiger partial charge < -0.3 is 10.1 Å². The number of hydrogen-bond acceptors (Lipinski definition) is 10. The summed E-state index contributed by atoms with van der Waals surface area (Å²) in [5.41, 5.74) is 2.34. The van der Waals surface area contributed by atoms with E-state index in [4.69, 9.17) is 9.37 Å². The number of aliphatic imine (C=N–C) groups is 1. The number of nitrogens with zero attached hydrogens (tertiary/aromatic N) is 6. The van der Waals surface area contributed by atoms with Gasteiger partial charge in [0.25, 0.3) is 10.2 Å². The lowest BCUT2D eigenvalue weighted by molar-refractivity contribution is 0.0365. The molecule has 3 N–H and O–H groups in total. The fourth-order valence-electron chi connectivity index (χ4n) is 3.72. The molecule has 0 amide bonds. The van der Waals surface area contributed by atoms with Crippen molar-refractivity contribution in [2.24, 2.45) is 4.99 Å². The van der Waals surface area contributed by atoms with Crippen LogP contribution in [0.2, 0.25) is 0 Å². The van der Waals surface area contributed by atoms with E-state index in [0.29, 0.717) is 45.1 Å². The van der Waals surface area contributed by atoms with Crippen LogP contribution in [0.1, 0.15) is 5.69 Å². The molecule has 192 valence electrons. The fourth-order valence-corrected chi connectivity index (χ4v) is 5.68. The van der Waals surface area contributed by atoms with Crippen molar-refractivity contribution in [1.29, 1.82) is 0 Å². The van der Waals surface area contributed by atoms with E-state index in [0.717, 1.165) is 13.1 Å². The Labute approximate surface area is 210 Å². The SMILES string of the molecule is O=S1(=O)N(CCNc2nonc2C(=Nc2ccc(F)c(Br)c2)NO)CCN1CCN1CCOCC1. The van der Waals surface area contributed by atoms with Crippen LogP contribution in [-0.4, -0.2) is 109 Å². The third-order valence-corrected chi connectivity index (χ3v) is 8.28. The number of morpholine rings is 1. The largest absolute Gasteiger partial charge is 0.379 e. The van der Waals surface area contributed by atoms with Crippen molar-refractivity contribution in [1.82, 2.24) is 29.3 Å². The number of anilines is 1. The molecule has 0 saturated carbocycles. The van der Waals surface area contributed by atoms with E-state index in [1.54, 1.807) is 0 Å². The number of aromatic nitrogens is 2. The average Bonchev–Trinajstić information content (AvgIpc) is 3.43. The topological polar surface area (TPSA) is 149 Å². The molecule has 2 aliphatic rings. The number of halogens is 2. The molecule has 13 nitrogen and oxygen atoms in total. The van der Waals surface area contributed by atoms with Crippen LogP contribution in [0.4, 0.5) is 15.9 Å². The van der Waals surface area contributed by atoms with Crippen molar-refractivity contribution in [3.63, 3.8) is 0 Å². The lowest BCUT2D eigenvalue weighted by Gasteiger charge is -2.28. The van der Waals surface area contributed by atoms with E-state index in [2.05, 4.69) is 41.5 Å². The third kappa shape index (κ3) is 6.32. The number of nitrogens with one attached hydrogen (secondary N) is 2. The Morgan fingerprint density at radius 2 is 1.89 bits per heavy atom. The number of hydrogen-bond donors (Lipinski definition) is 3. The normalized spacial score (nSPS) is 19.8. The lowest BCUT2D eigenvalue weighted by Crippen LogP contribution is -2.43. The maximum absolute atomic E-state index is 13.5. The van der Waals surface area contributed by atoms with Crippen molar-refractivity contribution in [3.8, 4) is 0 Å². The summed E-state index contributed by atoms with van der Waals surface area (Å²) >= 11 is 3.08. The summed E-state index contributed by atoms with van der Waals surface area (Å²) in [6, 6.07) is 4.07. The average molecular weight is 577 g/mol. The van der Waals surface area contributed by atoms with Crippen LogP contribution in [0.15, 0.2) is 32.3 Å². The van der Waals surface area contributed by atoms with Gasteiger partial charge in [-0.15, -0.1) is 0 Å². The van der Waals surface area contributed by atoms with Crippen LogP contribution < -0.4 is 10.8 Å². The Hall–Kier alpha value is -2.21. The van der Waals surface area contributed by atoms with Gasteiger partial charge in [0.2, 0.25) is 5.82 Å². The fraction of sp³-hybridized carbons (Fsp3) is 0.526. The number of rotatable bonds is 9. The summed E-state index contributed by atoms with van der Waals surface area (Å²) in [7, 11) is -3.55. The maximum Gasteiger partial charge on any atom is 0.282 e. The first-order valence-electron chi connectivity index (χ1n) is 10.9. The molecule has 2 saturated heterocycles. The van der Waals surface area contributed by atoms with Crippen LogP contribution in [0.3, 0.4) is 0 Å². The summed E-state index contributed by atoms with van der Waals surface area (Å²) < 4.78 is 52.4. The number of ether oxygens (including phenoxy) is 1. The minimum Gasteiger partial charge on any atom is -0.379 e. The molecular weight excluding hydrogens is 551 g/mol. The van der Waals surface area contributed by atoms with Crippen LogP contribution >= 0.6 is 15.9 Å². The van der Waals surface area contributed by atoms with Gasteiger partial charge in [-0.3, -0.25) is 15.6 Å². The van der Waals surface area contributed by atoms with Crippen molar-refractivity contribution in [3.05, 3.63) is 34.2 Å². The van der Waals surface area contributed by atoms with Gasteiger partial charge in [0.1, 0.15) is 5.82 Å². The monoisotopic (exact) mass is 576 g/mol. The molecular formula is C19H26BrFN8O5S. The molecule has 4 rings (SSSR count). The summed E-state index contributed by atoms with van der Waals surface area (Å²) in [5, 5.41) is 20.0. The van der Waals surface area contributed by atoms with Gasteiger partial charge in [0, 0.05) is 52.4 Å². The molecule has 2 aliphatic heterocycles. The van der Waals surface area contributed by atoms with Gasteiger partial charge in [0.15, 0.2) is 11.5 Å². The molecule has 0 atom stereocenters. The number of benzene rings is 1. The van der Waals surface area contributed by atoms with Gasteiger partial charge in [-0.05, 0) is 44.4 Å². The predicted octanol–water partition coefficient (Wildman–Crippen LogP) is 0.635. The first kappa shape index (κ1) is 25.9. The first-order valence-corrected chi connectivity index (χ1v) is 13.1. The van der Waals surface area contributed by atoms with Gasteiger partial charge >= 0.3 is 0 Å². The summed E-state index contributed by atoms with van der Waals surface area (Å²) in [5.74, 6) is -0.382. The third-order valence-electron chi connectivity index (χ3n) is 5.64. The highest BCUT2D eigenvalue weighted by Crippen LogP contribution is 2.23. The zero-order valence-electron chi connectivity index (χ0n) is 18.7. The Morgan fingerprint density at radius 1 is 1.14 bits per heavy atom. The molecule has 35 heavy (non-hydrogen) atoms. The van der Waals surface area contributed by atoms with E-state index in [9.17, 15) is 18.0 Å². The molecule has 1 aromatic carbocycles. The smallest absolute Gasteiger partial charge is 0.282 e. The van der Waals surface area contributed by atoms with E-state index in [1.807, 2.05) is 5.48 Å². The summed E-state index contributed by atoms with van der Waals surface area (Å²) in [6.45, 7) is 5.30. The molecule has 0 radical (unpaired) electrons. The van der Waals surface area contributed by atoms with E-state index in [1.165, 1.54) is 26.8 Å². The highest BCUT2D eigenvalue weighted by atomic mass is 79.9. The zero-order chi connectivity index (χ0) is 24.8. The minimum absolute atomic E-state index is 0.0735. The van der Waals surface area contributed by atoms with Crippen molar-refractivity contribution in [2.75, 3.05) is 70.9 Å². The van der Waals surface area contributed by atoms with Gasteiger partial charge in [0.05, 0.1) is 23.4 Å². The molecule has 2 aromatic rings. The molecule has 3 heterocycles. The van der Waals surface area contributed by atoms with Gasteiger partial charge in [-0.2, -0.15) is 17.0 Å². The predicted molar refractivity (Wildman–Crippen MR) is 127 cm³/mol. The highest BCUT2D eigenvalue weighted by molar-refractivity contribution is 9.10. The van der Waals surface area contributed by atoms with Crippen LogP contribution in [0.5, 0.6) is 0 Å². The van der Waals surface area contributed by atoms with E-state index in [-0.39, 0.29) is 34.9 Å². The maximum atomic E-state index is 13.5. The standard InChI is InChI=1S/C19H26BrFN8O5S/c20-15-13-14(1-2-16(15)21)23-19(24-30)17-18(26-34-25-17)22-3-4-28-7-8-29(35(28,31)32)6-5-27-9-11-33-12-10-27/h1-2,13,30H,3-12H2,(H,22,26)(H,23,24). The Bertz CT molecular complexity index is 1140. The minimum atomic E-state index is -3.55. The molecule has 1 aromatic heterocycles. The molecule has 16 heteroatoms.